The molecule has 0 aliphatic carbocycles. The van der Waals surface area contributed by atoms with E-state index in [4.69, 9.17) is 13.9 Å². The normalized spacial score (nSPS) is 13.3. The van der Waals surface area contributed by atoms with Gasteiger partial charge in [-0.05, 0) is 32.4 Å². The molecule has 0 unspecified atom stereocenters. The van der Waals surface area contributed by atoms with E-state index in [-0.39, 0.29) is 6.10 Å². The molecule has 0 aromatic carbocycles. The lowest BCUT2D eigenvalue weighted by molar-refractivity contribution is -0.0110. The molecule has 0 saturated carbocycles. The van der Waals surface area contributed by atoms with Crippen LogP contribution in [0.4, 0.5) is 0 Å². The number of hydrogen-bond donors (Lipinski definition) is 1. The molecule has 0 saturated heterocycles. The van der Waals surface area contributed by atoms with Gasteiger partial charge in [0.25, 0.3) is 0 Å². The SMILES string of the molecule is COCCCN(Cc1ccco1)C[C@H](O)COC(C)C. The second-order valence-electron chi connectivity index (χ2n) is 5.20. The van der Waals surface area contributed by atoms with Crippen LogP contribution in [-0.4, -0.2) is 55.6 Å². The Morgan fingerprint density at radius 1 is 1.40 bits per heavy atom. The molecule has 116 valence electrons. The van der Waals surface area contributed by atoms with Crippen LogP contribution in [0.1, 0.15) is 26.0 Å². The van der Waals surface area contributed by atoms with Crippen LogP contribution in [0.3, 0.4) is 0 Å². The number of ether oxygens (including phenoxy) is 2. The lowest BCUT2D eigenvalue weighted by Gasteiger charge is -2.24. The van der Waals surface area contributed by atoms with Crippen molar-refractivity contribution in [2.24, 2.45) is 0 Å². The van der Waals surface area contributed by atoms with E-state index in [2.05, 4.69) is 4.90 Å². The van der Waals surface area contributed by atoms with E-state index in [0.717, 1.165) is 18.7 Å². The van der Waals surface area contributed by atoms with Crippen molar-refractivity contribution in [1.29, 1.82) is 0 Å². The maximum atomic E-state index is 10.0. The average Bonchev–Trinajstić information content (AvgIpc) is 2.89. The highest BCUT2D eigenvalue weighted by atomic mass is 16.5. The molecular formula is C15H27NO4. The van der Waals surface area contributed by atoms with E-state index in [1.54, 1.807) is 13.4 Å². The lowest BCUT2D eigenvalue weighted by Crippen LogP contribution is -2.36. The van der Waals surface area contributed by atoms with E-state index >= 15 is 0 Å². The molecule has 0 fully saturated rings. The highest BCUT2D eigenvalue weighted by Crippen LogP contribution is 2.07. The van der Waals surface area contributed by atoms with Crippen LogP contribution < -0.4 is 0 Å². The van der Waals surface area contributed by atoms with Gasteiger partial charge in [0.15, 0.2) is 0 Å². The first-order valence-corrected chi connectivity index (χ1v) is 7.15. The predicted molar refractivity (Wildman–Crippen MR) is 77.6 cm³/mol. The van der Waals surface area contributed by atoms with Gasteiger partial charge in [-0.25, -0.2) is 0 Å². The quantitative estimate of drug-likeness (QED) is 0.629. The topological polar surface area (TPSA) is 55.1 Å². The Morgan fingerprint density at radius 3 is 2.80 bits per heavy atom. The summed E-state index contributed by atoms with van der Waals surface area (Å²) in [7, 11) is 1.70. The van der Waals surface area contributed by atoms with Crippen LogP contribution in [0.5, 0.6) is 0 Å². The van der Waals surface area contributed by atoms with E-state index in [1.807, 2.05) is 26.0 Å². The van der Waals surface area contributed by atoms with Gasteiger partial charge in [0.05, 0.1) is 31.6 Å². The molecule has 0 radical (unpaired) electrons. The van der Waals surface area contributed by atoms with Crippen molar-refractivity contribution in [2.75, 3.05) is 33.4 Å². The third kappa shape index (κ3) is 7.65. The summed E-state index contributed by atoms with van der Waals surface area (Å²) in [6.45, 7) is 7.11. The molecule has 1 atom stereocenters. The summed E-state index contributed by atoms with van der Waals surface area (Å²) in [6.07, 6.45) is 2.24. The number of aliphatic hydroxyl groups is 1. The fourth-order valence-electron chi connectivity index (χ4n) is 1.94. The molecule has 0 aliphatic heterocycles. The molecule has 0 spiro atoms. The van der Waals surface area contributed by atoms with Gasteiger partial charge in [0, 0.05) is 26.8 Å². The summed E-state index contributed by atoms with van der Waals surface area (Å²) in [5.41, 5.74) is 0. The summed E-state index contributed by atoms with van der Waals surface area (Å²) in [5, 5.41) is 10.0. The third-order valence-electron chi connectivity index (χ3n) is 2.87. The number of nitrogens with zero attached hydrogens (tertiary/aromatic N) is 1. The molecule has 0 amide bonds. The number of hydrogen-bond acceptors (Lipinski definition) is 5. The highest BCUT2D eigenvalue weighted by molar-refractivity contribution is 4.97. The summed E-state index contributed by atoms with van der Waals surface area (Å²) < 4.78 is 15.9. The van der Waals surface area contributed by atoms with Crippen molar-refractivity contribution in [3.8, 4) is 0 Å². The molecule has 5 heteroatoms. The molecular weight excluding hydrogens is 258 g/mol. The Hall–Kier alpha value is -0.880. The van der Waals surface area contributed by atoms with Gasteiger partial charge in [-0.1, -0.05) is 0 Å². The van der Waals surface area contributed by atoms with Crippen molar-refractivity contribution < 1.29 is 19.0 Å². The zero-order valence-corrected chi connectivity index (χ0v) is 12.7. The second-order valence-corrected chi connectivity index (χ2v) is 5.20. The molecule has 1 N–H and O–H groups in total. The Bertz CT molecular complexity index is 327. The minimum absolute atomic E-state index is 0.136. The maximum absolute atomic E-state index is 10.0. The zero-order chi connectivity index (χ0) is 14.8. The standard InChI is InChI=1S/C15H27NO4/c1-13(2)20-12-14(17)10-16(7-5-8-18-3)11-15-6-4-9-19-15/h4,6,9,13-14,17H,5,7-8,10-12H2,1-3H3/t14-/m0/s1. The fraction of sp³-hybridized carbons (Fsp3) is 0.733. The van der Waals surface area contributed by atoms with Gasteiger partial charge in [0.1, 0.15) is 5.76 Å². The molecule has 1 rings (SSSR count). The molecule has 0 bridgehead atoms. The smallest absolute Gasteiger partial charge is 0.117 e. The summed E-state index contributed by atoms with van der Waals surface area (Å²) in [5.74, 6) is 0.902. The van der Waals surface area contributed by atoms with Crippen LogP contribution in [0.25, 0.3) is 0 Å². The van der Waals surface area contributed by atoms with Crippen LogP contribution in [0.2, 0.25) is 0 Å². The Labute approximate surface area is 121 Å². The number of methoxy groups -OCH3 is 1. The Balaban J connectivity index is 2.40. The summed E-state index contributed by atoms with van der Waals surface area (Å²) in [6, 6.07) is 3.82. The number of aliphatic hydroxyl groups excluding tert-OH is 1. The van der Waals surface area contributed by atoms with Crippen LogP contribution >= 0.6 is 0 Å². The van der Waals surface area contributed by atoms with Crippen molar-refractivity contribution in [2.45, 2.75) is 39.0 Å². The predicted octanol–water partition coefficient (Wildman–Crippen LogP) is 1.90. The van der Waals surface area contributed by atoms with Gasteiger partial charge >= 0.3 is 0 Å². The van der Waals surface area contributed by atoms with Gasteiger partial charge in [-0.15, -0.1) is 0 Å². The van der Waals surface area contributed by atoms with Crippen LogP contribution in [0, 0.1) is 0 Å². The highest BCUT2D eigenvalue weighted by Gasteiger charge is 2.14. The third-order valence-corrected chi connectivity index (χ3v) is 2.87. The van der Waals surface area contributed by atoms with Gasteiger partial charge in [-0.3, -0.25) is 4.90 Å². The van der Waals surface area contributed by atoms with E-state index in [1.165, 1.54) is 0 Å². The molecule has 1 aromatic rings. The lowest BCUT2D eigenvalue weighted by atomic mass is 10.3. The zero-order valence-electron chi connectivity index (χ0n) is 12.7. The Kier molecular flexibility index (Phi) is 8.53. The first-order chi connectivity index (χ1) is 9.61. The largest absolute Gasteiger partial charge is 0.468 e. The average molecular weight is 285 g/mol. The molecule has 5 nitrogen and oxygen atoms in total. The van der Waals surface area contributed by atoms with Gasteiger partial charge in [0.2, 0.25) is 0 Å². The molecule has 1 heterocycles. The minimum atomic E-state index is -0.491. The van der Waals surface area contributed by atoms with Gasteiger partial charge < -0.3 is 19.0 Å². The molecule has 0 aliphatic rings. The molecule has 1 aromatic heterocycles. The summed E-state index contributed by atoms with van der Waals surface area (Å²) >= 11 is 0. The summed E-state index contributed by atoms with van der Waals surface area (Å²) in [4.78, 5) is 2.16. The minimum Gasteiger partial charge on any atom is -0.468 e. The van der Waals surface area contributed by atoms with Crippen molar-refractivity contribution >= 4 is 0 Å². The monoisotopic (exact) mass is 285 g/mol. The second kappa shape index (κ2) is 9.94. The van der Waals surface area contributed by atoms with Crippen LogP contribution in [0.15, 0.2) is 22.8 Å². The van der Waals surface area contributed by atoms with Crippen LogP contribution in [-0.2, 0) is 16.0 Å². The van der Waals surface area contributed by atoms with E-state index < -0.39 is 6.10 Å². The van der Waals surface area contributed by atoms with E-state index in [9.17, 15) is 5.11 Å². The number of furan rings is 1. The molecule has 20 heavy (non-hydrogen) atoms. The number of rotatable bonds is 11. The van der Waals surface area contributed by atoms with E-state index in [0.29, 0.717) is 26.3 Å². The van der Waals surface area contributed by atoms with Gasteiger partial charge in [-0.2, -0.15) is 0 Å². The first kappa shape index (κ1) is 17.2. The van der Waals surface area contributed by atoms with Crippen molar-refractivity contribution in [3.05, 3.63) is 24.2 Å². The maximum Gasteiger partial charge on any atom is 0.117 e. The van der Waals surface area contributed by atoms with Crippen molar-refractivity contribution in [3.63, 3.8) is 0 Å². The fourth-order valence-corrected chi connectivity index (χ4v) is 1.94. The van der Waals surface area contributed by atoms with Crippen molar-refractivity contribution in [1.82, 2.24) is 4.90 Å². The first-order valence-electron chi connectivity index (χ1n) is 7.15. The Morgan fingerprint density at radius 2 is 2.20 bits per heavy atom.